The summed E-state index contributed by atoms with van der Waals surface area (Å²) in [6.07, 6.45) is 5.86. The van der Waals surface area contributed by atoms with Crippen LogP contribution in [0.2, 0.25) is 0 Å². The lowest BCUT2D eigenvalue weighted by Gasteiger charge is -2.18. The van der Waals surface area contributed by atoms with Crippen LogP contribution in [0.4, 0.5) is 0 Å². The minimum absolute atomic E-state index is 0.167. The molecular formula is C17H21NO. The van der Waals surface area contributed by atoms with Crippen molar-refractivity contribution >= 4 is 6.29 Å². The lowest BCUT2D eigenvalue weighted by atomic mass is 9.90. The van der Waals surface area contributed by atoms with E-state index >= 15 is 0 Å². The van der Waals surface area contributed by atoms with Gasteiger partial charge in [0.1, 0.15) is 6.29 Å². The molecule has 1 aromatic carbocycles. The van der Waals surface area contributed by atoms with Gasteiger partial charge in [-0.3, -0.25) is 0 Å². The van der Waals surface area contributed by atoms with Crippen molar-refractivity contribution in [2.75, 3.05) is 0 Å². The molecule has 1 aromatic heterocycles. The maximum atomic E-state index is 11.1. The van der Waals surface area contributed by atoms with Crippen LogP contribution in [0.5, 0.6) is 0 Å². The number of hydrogen-bond donors (Lipinski definition) is 0. The Balaban J connectivity index is 2.44. The summed E-state index contributed by atoms with van der Waals surface area (Å²) >= 11 is 0. The molecule has 0 aliphatic heterocycles. The van der Waals surface area contributed by atoms with Crippen LogP contribution in [0.1, 0.15) is 42.5 Å². The molecule has 0 bridgehead atoms. The molecule has 0 aliphatic rings. The Bertz CT molecular complexity index is 527. The highest BCUT2D eigenvalue weighted by molar-refractivity contribution is 5.54. The Kier molecular flexibility index (Phi) is 4.56. The number of carbonyl (C=O) groups is 1. The predicted octanol–water partition coefficient (Wildman–Crippen LogP) is 3.70. The molecule has 0 aliphatic carbocycles. The van der Waals surface area contributed by atoms with Gasteiger partial charge in [0, 0.05) is 31.3 Å². The van der Waals surface area contributed by atoms with E-state index in [4.69, 9.17) is 0 Å². The number of hydrogen-bond acceptors (Lipinski definition) is 1. The summed E-state index contributed by atoms with van der Waals surface area (Å²) in [5, 5.41) is 0. The summed E-state index contributed by atoms with van der Waals surface area (Å²) in [6.45, 7) is 2.19. The summed E-state index contributed by atoms with van der Waals surface area (Å²) in [7, 11) is 2.06. The highest BCUT2D eigenvalue weighted by Crippen LogP contribution is 2.30. The second kappa shape index (κ2) is 6.37. The van der Waals surface area contributed by atoms with E-state index < -0.39 is 0 Å². The zero-order chi connectivity index (χ0) is 13.7. The number of rotatable bonds is 6. The van der Waals surface area contributed by atoms with E-state index in [1.54, 1.807) is 0 Å². The van der Waals surface area contributed by atoms with Crippen LogP contribution in [-0.4, -0.2) is 10.9 Å². The summed E-state index contributed by atoms with van der Waals surface area (Å²) < 4.78 is 2.16. The first kappa shape index (κ1) is 13.6. The molecule has 2 nitrogen and oxygen atoms in total. The first-order chi connectivity index (χ1) is 9.27. The third-order valence-corrected chi connectivity index (χ3v) is 3.59. The van der Waals surface area contributed by atoms with Gasteiger partial charge in [0.25, 0.3) is 0 Å². The van der Waals surface area contributed by atoms with Gasteiger partial charge in [0.15, 0.2) is 0 Å². The Morgan fingerprint density at radius 2 is 1.95 bits per heavy atom. The van der Waals surface area contributed by atoms with E-state index in [1.165, 1.54) is 16.8 Å². The van der Waals surface area contributed by atoms with Crippen LogP contribution in [0.15, 0.2) is 42.6 Å². The summed E-state index contributed by atoms with van der Waals surface area (Å²) in [4.78, 5) is 11.1. The normalized spacial score (nSPS) is 12.3. The predicted molar refractivity (Wildman–Crippen MR) is 78.4 cm³/mol. The number of aromatic nitrogens is 1. The number of nitrogens with zero attached hydrogens (tertiary/aromatic N) is 1. The number of aldehydes is 1. The molecule has 1 atom stereocenters. The molecule has 19 heavy (non-hydrogen) atoms. The van der Waals surface area contributed by atoms with E-state index in [9.17, 15) is 4.79 Å². The van der Waals surface area contributed by atoms with Gasteiger partial charge in [-0.15, -0.1) is 0 Å². The maximum Gasteiger partial charge on any atom is 0.120 e. The lowest BCUT2D eigenvalue weighted by molar-refractivity contribution is -0.108. The second-order valence-corrected chi connectivity index (χ2v) is 4.95. The fourth-order valence-electron chi connectivity index (χ4n) is 2.73. The van der Waals surface area contributed by atoms with Crippen LogP contribution < -0.4 is 0 Å². The summed E-state index contributed by atoms with van der Waals surface area (Å²) in [5.41, 5.74) is 3.86. The van der Waals surface area contributed by atoms with Crippen molar-refractivity contribution in [2.24, 2.45) is 7.05 Å². The number of benzene rings is 1. The number of carbonyl (C=O) groups excluding carboxylic acids is 1. The van der Waals surface area contributed by atoms with Crippen molar-refractivity contribution in [1.82, 2.24) is 4.57 Å². The van der Waals surface area contributed by atoms with Crippen molar-refractivity contribution in [3.63, 3.8) is 0 Å². The fraction of sp³-hybridized carbons (Fsp3) is 0.353. The average molecular weight is 255 g/mol. The van der Waals surface area contributed by atoms with Gasteiger partial charge in [0.2, 0.25) is 0 Å². The van der Waals surface area contributed by atoms with E-state index in [0.29, 0.717) is 6.42 Å². The zero-order valence-corrected chi connectivity index (χ0v) is 11.7. The molecule has 2 heteroatoms. The average Bonchev–Trinajstić information content (AvgIpc) is 2.79. The zero-order valence-electron chi connectivity index (χ0n) is 11.7. The SMILES string of the molecule is CCCc1ccn(C)c1[C@@H](CC=O)c1ccccc1. The maximum absolute atomic E-state index is 11.1. The van der Waals surface area contributed by atoms with E-state index in [2.05, 4.69) is 42.9 Å². The van der Waals surface area contributed by atoms with Crippen LogP contribution in [0.25, 0.3) is 0 Å². The third-order valence-electron chi connectivity index (χ3n) is 3.59. The monoisotopic (exact) mass is 255 g/mol. The molecule has 0 unspecified atom stereocenters. The molecule has 2 aromatic rings. The minimum atomic E-state index is 0.167. The molecule has 2 rings (SSSR count). The Hall–Kier alpha value is -1.83. The molecule has 0 spiro atoms. The molecule has 0 radical (unpaired) electrons. The smallest absolute Gasteiger partial charge is 0.120 e. The Labute approximate surface area is 115 Å². The van der Waals surface area contributed by atoms with Crippen molar-refractivity contribution in [3.8, 4) is 0 Å². The molecule has 0 saturated carbocycles. The highest BCUT2D eigenvalue weighted by Gasteiger charge is 2.19. The third kappa shape index (κ3) is 2.95. The van der Waals surface area contributed by atoms with Crippen LogP contribution in [0, 0.1) is 0 Å². The fourth-order valence-corrected chi connectivity index (χ4v) is 2.73. The Morgan fingerprint density at radius 3 is 2.58 bits per heavy atom. The van der Waals surface area contributed by atoms with Gasteiger partial charge in [-0.25, -0.2) is 0 Å². The van der Waals surface area contributed by atoms with Gasteiger partial charge in [-0.2, -0.15) is 0 Å². The summed E-state index contributed by atoms with van der Waals surface area (Å²) in [5.74, 6) is 0.167. The topological polar surface area (TPSA) is 22.0 Å². The standard InChI is InChI=1S/C17H21NO/c1-3-7-15-10-12-18(2)17(15)16(11-13-19)14-8-5-4-6-9-14/h4-6,8-10,12-13,16H,3,7,11H2,1-2H3/t16-/m0/s1. The van der Waals surface area contributed by atoms with Gasteiger partial charge in [0.05, 0.1) is 0 Å². The van der Waals surface area contributed by atoms with E-state index in [1.807, 2.05) is 18.2 Å². The molecular weight excluding hydrogens is 234 g/mol. The van der Waals surface area contributed by atoms with E-state index in [0.717, 1.165) is 19.1 Å². The molecule has 1 heterocycles. The molecule has 0 saturated heterocycles. The minimum Gasteiger partial charge on any atom is -0.354 e. The number of aryl methyl sites for hydroxylation is 2. The van der Waals surface area contributed by atoms with Crippen molar-refractivity contribution < 1.29 is 4.79 Å². The molecule has 0 fully saturated rings. The van der Waals surface area contributed by atoms with Gasteiger partial charge < -0.3 is 9.36 Å². The van der Waals surface area contributed by atoms with Gasteiger partial charge in [-0.05, 0) is 23.6 Å². The van der Waals surface area contributed by atoms with Crippen molar-refractivity contribution in [1.29, 1.82) is 0 Å². The van der Waals surface area contributed by atoms with Gasteiger partial charge >= 0.3 is 0 Å². The molecule has 0 N–H and O–H groups in total. The first-order valence-corrected chi connectivity index (χ1v) is 6.90. The largest absolute Gasteiger partial charge is 0.354 e. The van der Waals surface area contributed by atoms with Crippen molar-refractivity contribution in [3.05, 3.63) is 59.4 Å². The van der Waals surface area contributed by atoms with Crippen molar-refractivity contribution in [2.45, 2.75) is 32.1 Å². The first-order valence-electron chi connectivity index (χ1n) is 6.90. The Morgan fingerprint density at radius 1 is 1.21 bits per heavy atom. The lowest BCUT2D eigenvalue weighted by Crippen LogP contribution is -2.09. The van der Waals surface area contributed by atoms with Crippen LogP contribution in [0.3, 0.4) is 0 Å². The summed E-state index contributed by atoms with van der Waals surface area (Å²) in [6, 6.07) is 12.5. The van der Waals surface area contributed by atoms with E-state index in [-0.39, 0.29) is 5.92 Å². The molecule has 0 amide bonds. The van der Waals surface area contributed by atoms with Gasteiger partial charge in [-0.1, -0.05) is 43.7 Å². The van der Waals surface area contributed by atoms with Crippen LogP contribution >= 0.6 is 0 Å². The highest BCUT2D eigenvalue weighted by atomic mass is 16.1. The second-order valence-electron chi connectivity index (χ2n) is 4.95. The quantitative estimate of drug-likeness (QED) is 0.721. The van der Waals surface area contributed by atoms with Crippen LogP contribution in [-0.2, 0) is 18.3 Å². The molecule has 100 valence electrons.